The molecule has 1 N–H and O–H groups in total. The van der Waals surface area contributed by atoms with E-state index in [-0.39, 0.29) is 0 Å². The van der Waals surface area contributed by atoms with Crippen LogP contribution in [-0.4, -0.2) is 48.3 Å². The summed E-state index contributed by atoms with van der Waals surface area (Å²) in [6, 6.07) is 0.377. The Kier molecular flexibility index (Phi) is 4.78. The number of hydrogen-bond donors (Lipinski definition) is 1. The van der Waals surface area contributed by atoms with Crippen molar-refractivity contribution in [2.24, 2.45) is 0 Å². The van der Waals surface area contributed by atoms with Gasteiger partial charge in [0.05, 0.1) is 13.2 Å². The standard InChI is InChI=1S/C11H19NO3/c1-3-10(11(13)14)4-5-12-6-7-15-8-9(12)2/h4,9H,3,5-8H2,1-2H3,(H,13,14). The van der Waals surface area contributed by atoms with Gasteiger partial charge in [-0.25, -0.2) is 4.79 Å². The Balaban J connectivity index is 2.49. The number of carbonyl (C=O) groups is 1. The van der Waals surface area contributed by atoms with Crippen molar-refractivity contribution in [3.8, 4) is 0 Å². The average molecular weight is 213 g/mol. The molecule has 0 amide bonds. The number of carboxylic acids is 1. The third-order valence-electron chi connectivity index (χ3n) is 2.73. The number of hydrogen-bond acceptors (Lipinski definition) is 3. The molecule has 4 nitrogen and oxygen atoms in total. The SMILES string of the molecule is CCC(=CCN1CCOCC1C)C(=O)O. The molecule has 0 spiro atoms. The summed E-state index contributed by atoms with van der Waals surface area (Å²) in [5.41, 5.74) is 0.494. The fourth-order valence-electron chi connectivity index (χ4n) is 1.64. The van der Waals surface area contributed by atoms with E-state index in [2.05, 4.69) is 11.8 Å². The summed E-state index contributed by atoms with van der Waals surface area (Å²) in [5.74, 6) is -0.807. The van der Waals surface area contributed by atoms with Gasteiger partial charge in [0.1, 0.15) is 0 Å². The van der Waals surface area contributed by atoms with E-state index in [1.807, 2.05) is 13.0 Å². The quantitative estimate of drug-likeness (QED) is 0.711. The fraction of sp³-hybridized carbons (Fsp3) is 0.727. The van der Waals surface area contributed by atoms with Crippen LogP contribution in [0, 0.1) is 0 Å². The van der Waals surface area contributed by atoms with E-state index in [9.17, 15) is 4.79 Å². The van der Waals surface area contributed by atoms with E-state index < -0.39 is 5.97 Å². The van der Waals surface area contributed by atoms with Crippen LogP contribution in [0.3, 0.4) is 0 Å². The predicted octanol–water partition coefficient (Wildman–Crippen LogP) is 1.13. The Bertz CT molecular complexity index is 250. The molecule has 0 bridgehead atoms. The lowest BCUT2D eigenvalue weighted by Gasteiger charge is -2.32. The van der Waals surface area contributed by atoms with Crippen LogP contribution in [-0.2, 0) is 9.53 Å². The van der Waals surface area contributed by atoms with Crippen molar-refractivity contribution < 1.29 is 14.6 Å². The summed E-state index contributed by atoms with van der Waals surface area (Å²) >= 11 is 0. The first-order valence-corrected chi connectivity index (χ1v) is 5.39. The molecule has 1 aliphatic rings. The topological polar surface area (TPSA) is 49.8 Å². The zero-order valence-electron chi connectivity index (χ0n) is 9.40. The predicted molar refractivity (Wildman–Crippen MR) is 57.9 cm³/mol. The molecule has 1 saturated heterocycles. The van der Waals surface area contributed by atoms with Crippen molar-refractivity contribution in [3.63, 3.8) is 0 Å². The molecule has 15 heavy (non-hydrogen) atoms. The van der Waals surface area contributed by atoms with Crippen LogP contribution in [0.1, 0.15) is 20.3 Å². The largest absolute Gasteiger partial charge is 0.478 e. The Labute approximate surface area is 90.5 Å². The lowest BCUT2D eigenvalue weighted by atomic mass is 10.2. The van der Waals surface area contributed by atoms with Gasteiger partial charge < -0.3 is 9.84 Å². The molecule has 0 aromatic heterocycles. The van der Waals surface area contributed by atoms with Gasteiger partial charge in [-0.2, -0.15) is 0 Å². The third-order valence-corrected chi connectivity index (χ3v) is 2.73. The van der Waals surface area contributed by atoms with Gasteiger partial charge in [-0.05, 0) is 13.3 Å². The van der Waals surface area contributed by atoms with Gasteiger partial charge in [0.15, 0.2) is 0 Å². The van der Waals surface area contributed by atoms with Gasteiger partial charge in [-0.3, -0.25) is 4.90 Å². The molecule has 0 aromatic carbocycles. The van der Waals surface area contributed by atoms with E-state index in [4.69, 9.17) is 9.84 Å². The zero-order valence-corrected chi connectivity index (χ0v) is 9.40. The minimum Gasteiger partial charge on any atom is -0.478 e. The van der Waals surface area contributed by atoms with Gasteiger partial charge in [-0.1, -0.05) is 13.0 Å². The Morgan fingerprint density at radius 1 is 1.67 bits per heavy atom. The number of morpholine rings is 1. The zero-order chi connectivity index (χ0) is 11.3. The van der Waals surface area contributed by atoms with Crippen LogP contribution < -0.4 is 0 Å². The molecule has 4 heteroatoms. The van der Waals surface area contributed by atoms with Crippen LogP contribution in [0.15, 0.2) is 11.6 Å². The Morgan fingerprint density at radius 2 is 2.40 bits per heavy atom. The number of ether oxygens (including phenoxy) is 1. The van der Waals surface area contributed by atoms with Gasteiger partial charge in [-0.15, -0.1) is 0 Å². The van der Waals surface area contributed by atoms with Crippen LogP contribution in [0.5, 0.6) is 0 Å². The highest BCUT2D eigenvalue weighted by molar-refractivity contribution is 5.86. The highest BCUT2D eigenvalue weighted by Gasteiger charge is 2.17. The lowest BCUT2D eigenvalue weighted by molar-refractivity contribution is -0.132. The monoisotopic (exact) mass is 213 g/mol. The van der Waals surface area contributed by atoms with Crippen molar-refractivity contribution >= 4 is 5.97 Å². The molecule has 0 radical (unpaired) electrons. The first kappa shape index (κ1) is 12.2. The normalized spacial score (nSPS) is 24.1. The molecule has 1 rings (SSSR count). The molecule has 1 fully saturated rings. The molecule has 86 valence electrons. The van der Waals surface area contributed by atoms with E-state index in [0.29, 0.717) is 24.6 Å². The number of rotatable bonds is 4. The van der Waals surface area contributed by atoms with Crippen LogP contribution in [0.4, 0.5) is 0 Å². The minimum absolute atomic E-state index is 0.377. The summed E-state index contributed by atoms with van der Waals surface area (Å²) in [4.78, 5) is 13.0. The molecule has 0 saturated carbocycles. The van der Waals surface area contributed by atoms with Gasteiger partial charge in [0.2, 0.25) is 0 Å². The average Bonchev–Trinajstić information content (AvgIpc) is 2.21. The maximum Gasteiger partial charge on any atom is 0.331 e. The van der Waals surface area contributed by atoms with Crippen molar-refractivity contribution in [1.82, 2.24) is 4.90 Å². The molecule has 1 heterocycles. The van der Waals surface area contributed by atoms with Crippen LogP contribution in [0.2, 0.25) is 0 Å². The molecular weight excluding hydrogens is 194 g/mol. The van der Waals surface area contributed by atoms with E-state index >= 15 is 0 Å². The second kappa shape index (κ2) is 5.88. The van der Waals surface area contributed by atoms with Gasteiger partial charge >= 0.3 is 5.97 Å². The van der Waals surface area contributed by atoms with Crippen molar-refractivity contribution in [2.45, 2.75) is 26.3 Å². The van der Waals surface area contributed by atoms with E-state index in [1.165, 1.54) is 0 Å². The Hall–Kier alpha value is -0.870. The number of aliphatic carboxylic acids is 1. The van der Waals surface area contributed by atoms with Crippen molar-refractivity contribution in [3.05, 3.63) is 11.6 Å². The molecule has 1 unspecified atom stereocenters. The second-order valence-corrected chi connectivity index (χ2v) is 3.81. The third kappa shape index (κ3) is 3.64. The fourth-order valence-corrected chi connectivity index (χ4v) is 1.64. The second-order valence-electron chi connectivity index (χ2n) is 3.81. The number of carboxylic acid groups (broad SMARTS) is 1. The lowest BCUT2D eigenvalue weighted by Crippen LogP contribution is -2.43. The first-order valence-electron chi connectivity index (χ1n) is 5.39. The maximum atomic E-state index is 10.8. The molecular formula is C11H19NO3. The summed E-state index contributed by atoms with van der Waals surface area (Å²) in [5, 5.41) is 8.86. The van der Waals surface area contributed by atoms with Crippen molar-refractivity contribution in [1.29, 1.82) is 0 Å². The first-order chi connectivity index (χ1) is 7.15. The minimum atomic E-state index is -0.807. The van der Waals surface area contributed by atoms with E-state index in [0.717, 1.165) is 19.8 Å². The molecule has 0 aromatic rings. The molecule has 1 aliphatic heterocycles. The smallest absolute Gasteiger partial charge is 0.331 e. The van der Waals surface area contributed by atoms with Crippen molar-refractivity contribution in [2.75, 3.05) is 26.3 Å². The number of nitrogens with zero attached hydrogens (tertiary/aromatic N) is 1. The van der Waals surface area contributed by atoms with Crippen LogP contribution in [0.25, 0.3) is 0 Å². The summed E-state index contributed by atoms with van der Waals surface area (Å²) < 4.78 is 5.31. The van der Waals surface area contributed by atoms with Crippen LogP contribution >= 0.6 is 0 Å². The highest BCUT2D eigenvalue weighted by Crippen LogP contribution is 2.08. The van der Waals surface area contributed by atoms with Gasteiger partial charge in [0.25, 0.3) is 0 Å². The van der Waals surface area contributed by atoms with E-state index in [1.54, 1.807) is 0 Å². The highest BCUT2D eigenvalue weighted by atomic mass is 16.5. The summed E-state index contributed by atoms with van der Waals surface area (Å²) in [6.45, 7) is 7.03. The van der Waals surface area contributed by atoms with Gasteiger partial charge in [0, 0.05) is 24.7 Å². The Morgan fingerprint density at radius 3 is 2.93 bits per heavy atom. The maximum absolute atomic E-state index is 10.8. The molecule has 1 atom stereocenters. The summed E-state index contributed by atoms with van der Waals surface area (Å²) in [7, 11) is 0. The molecule has 0 aliphatic carbocycles. The summed E-state index contributed by atoms with van der Waals surface area (Å²) in [6.07, 6.45) is 2.39.